The van der Waals surface area contributed by atoms with Gasteiger partial charge in [0.05, 0.1) is 20.3 Å². The molecule has 4 rings (SSSR count). The third-order valence-electron chi connectivity index (χ3n) is 5.12. The van der Waals surface area contributed by atoms with Crippen LogP contribution in [-0.2, 0) is 6.54 Å². The number of carbonyl (C=O) groups excluding carboxylic acids is 1. The van der Waals surface area contributed by atoms with Crippen molar-refractivity contribution >= 4 is 27.6 Å². The number of nitrogens with one attached hydrogen (secondary N) is 1. The van der Waals surface area contributed by atoms with Crippen molar-refractivity contribution in [3.05, 3.63) is 76.5 Å². The predicted octanol–water partition coefficient (Wildman–Crippen LogP) is 4.90. The van der Waals surface area contributed by atoms with Crippen molar-refractivity contribution in [2.45, 2.75) is 12.6 Å². The number of urea groups is 1. The molecule has 29 heavy (non-hydrogen) atoms. The number of hydrogen-bond donors (Lipinski definition) is 1. The second-order valence-corrected chi connectivity index (χ2v) is 7.69. The lowest BCUT2D eigenvalue weighted by Crippen LogP contribution is -2.44. The van der Waals surface area contributed by atoms with Crippen LogP contribution in [0.3, 0.4) is 0 Å². The number of amides is 2. The fraction of sp³-hybridized carbons (Fsp3) is 0.227. The third kappa shape index (κ3) is 3.82. The maximum atomic E-state index is 13.2. The summed E-state index contributed by atoms with van der Waals surface area (Å²) in [6.07, 6.45) is 2.06. The molecule has 150 valence electrons. The van der Waals surface area contributed by atoms with E-state index in [0.717, 1.165) is 22.3 Å². The Morgan fingerprint density at radius 2 is 1.79 bits per heavy atom. The van der Waals surface area contributed by atoms with Crippen LogP contribution in [0.4, 0.5) is 10.5 Å². The van der Waals surface area contributed by atoms with Gasteiger partial charge in [-0.05, 0) is 42.0 Å². The van der Waals surface area contributed by atoms with E-state index in [-0.39, 0.29) is 12.1 Å². The lowest BCUT2D eigenvalue weighted by atomic mass is 10.0. The maximum Gasteiger partial charge on any atom is 0.322 e. The van der Waals surface area contributed by atoms with E-state index >= 15 is 0 Å². The van der Waals surface area contributed by atoms with Gasteiger partial charge in [-0.3, -0.25) is 0 Å². The van der Waals surface area contributed by atoms with Gasteiger partial charge in [-0.2, -0.15) is 0 Å². The van der Waals surface area contributed by atoms with E-state index in [4.69, 9.17) is 9.47 Å². The molecule has 0 saturated carbocycles. The van der Waals surface area contributed by atoms with Crippen LogP contribution in [0.15, 0.2) is 65.3 Å². The molecular weight excluding hydrogens is 434 g/mol. The van der Waals surface area contributed by atoms with E-state index in [2.05, 4.69) is 38.1 Å². The molecular formula is C22H22BrN3O3. The molecule has 3 aromatic rings. The summed E-state index contributed by atoms with van der Waals surface area (Å²) in [5.41, 5.74) is 2.82. The van der Waals surface area contributed by atoms with Gasteiger partial charge < -0.3 is 24.3 Å². The molecule has 7 heteroatoms. The molecule has 0 radical (unpaired) electrons. The number of halogens is 1. The second-order valence-electron chi connectivity index (χ2n) is 6.77. The number of hydrogen-bond acceptors (Lipinski definition) is 3. The fourth-order valence-corrected chi connectivity index (χ4v) is 3.97. The minimum atomic E-state index is -0.160. The molecule has 0 spiro atoms. The molecule has 1 unspecified atom stereocenters. The molecule has 1 aliphatic rings. The minimum absolute atomic E-state index is 0.155. The zero-order valence-corrected chi connectivity index (χ0v) is 17.8. The summed E-state index contributed by atoms with van der Waals surface area (Å²) in [7, 11) is 3.16. The van der Waals surface area contributed by atoms with Gasteiger partial charge in [0, 0.05) is 41.2 Å². The van der Waals surface area contributed by atoms with Crippen LogP contribution in [0.25, 0.3) is 0 Å². The summed E-state index contributed by atoms with van der Waals surface area (Å²) in [6, 6.07) is 17.2. The van der Waals surface area contributed by atoms with Crippen LogP contribution >= 0.6 is 15.9 Å². The molecule has 0 aliphatic carbocycles. The molecule has 1 aliphatic heterocycles. The SMILES string of the molecule is COc1ccc(NC(=O)N2CCn3cccc3C2c2ccc(Br)cc2)cc1OC. The number of carbonyl (C=O) groups is 1. The van der Waals surface area contributed by atoms with Gasteiger partial charge in [-0.1, -0.05) is 28.1 Å². The predicted molar refractivity (Wildman–Crippen MR) is 116 cm³/mol. The van der Waals surface area contributed by atoms with Crippen molar-refractivity contribution in [2.75, 3.05) is 26.1 Å². The van der Waals surface area contributed by atoms with E-state index in [1.54, 1.807) is 32.4 Å². The van der Waals surface area contributed by atoms with Crippen LogP contribution in [0.5, 0.6) is 11.5 Å². The van der Waals surface area contributed by atoms with Gasteiger partial charge in [-0.25, -0.2) is 4.79 Å². The van der Waals surface area contributed by atoms with Crippen molar-refractivity contribution in [3.63, 3.8) is 0 Å². The van der Waals surface area contributed by atoms with Gasteiger partial charge in [0.1, 0.15) is 0 Å². The molecule has 1 atom stereocenters. The van der Waals surface area contributed by atoms with Crippen LogP contribution in [0, 0.1) is 0 Å². The number of methoxy groups -OCH3 is 2. The monoisotopic (exact) mass is 455 g/mol. The van der Waals surface area contributed by atoms with E-state index in [1.165, 1.54) is 0 Å². The Morgan fingerprint density at radius 3 is 2.52 bits per heavy atom. The van der Waals surface area contributed by atoms with Gasteiger partial charge in [0.2, 0.25) is 0 Å². The average Bonchev–Trinajstić information content (AvgIpc) is 3.22. The standard InChI is InChI=1S/C22H22BrN3O3/c1-28-19-10-9-17(14-20(19)29-2)24-22(27)26-13-12-25-11-3-4-18(25)21(26)15-5-7-16(23)8-6-15/h3-11,14,21H,12-13H2,1-2H3,(H,24,27). The molecule has 0 saturated heterocycles. The lowest BCUT2D eigenvalue weighted by molar-refractivity contribution is 0.182. The van der Waals surface area contributed by atoms with E-state index < -0.39 is 0 Å². The van der Waals surface area contributed by atoms with Crippen LogP contribution in [0.1, 0.15) is 17.3 Å². The summed E-state index contributed by atoms with van der Waals surface area (Å²) in [6.45, 7) is 1.37. The van der Waals surface area contributed by atoms with Crippen molar-refractivity contribution in [1.29, 1.82) is 0 Å². The molecule has 0 bridgehead atoms. The Balaban J connectivity index is 1.64. The quantitative estimate of drug-likeness (QED) is 0.608. The van der Waals surface area contributed by atoms with Crippen molar-refractivity contribution in [2.24, 2.45) is 0 Å². The maximum absolute atomic E-state index is 13.2. The summed E-state index contributed by atoms with van der Waals surface area (Å²) in [5.74, 6) is 1.19. The van der Waals surface area contributed by atoms with Crippen LogP contribution < -0.4 is 14.8 Å². The summed E-state index contributed by atoms with van der Waals surface area (Å²) < 4.78 is 13.8. The Labute approximate surface area is 178 Å². The first-order valence-corrected chi connectivity index (χ1v) is 10.1. The Kier molecular flexibility index (Phi) is 5.49. The van der Waals surface area contributed by atoms with Gasteiger partial charge in [0.25, 0.3) is 0 Å². The smallest absolute Gasteiger partial charge is 0.322 e. The number of fused-ring (bicyclic) bond motifs is 1. The highest BCUT2D eigenvalue weighted by Crippen LogP contribution is 2.34. The van der Waals surface area contributed by atoms with Gasteiger partial charge in [-0.15, -0.1) is 0 Å². The number of nitrogens with zero attached hydrogens (tertiary/aromatic N) is 2. The third-order valence-corrected chi connectivity index (χ3v) is 5.65. The van der Waals surface area contributed by atoms with Crippen LogP contribution in [0.2, 0.25) is 0 Å². The molecule has 2 heterocycles. The second kappa shape index (κ2) is 8.21. The number of anilines is 1. The summed E-state index contributed by atoms with van der Waals surface area (Å²) >= 11 is 3.49. The van der Waals surface area contributed by atoms with Crippen molar-refractivity contribution < 1.29 is 14.3 Å². The van der Waals surface area contributed by atoms with E-state index in [9.17, 15) is 4.79 Å². The Hall–Kier alpha value is -2.93. The zero-order valence-electron chi connectivity index (χ0n) is 16.3. The highest BCUT2D eigenvalue weighted by Gasteiger charge is 2.32. The van der Waals surface area contributed by atoms with Gasteiger partial charge >= 0.3 is 6.03 Å². The number of ether oxygens (including phenoxy) is 2. The van der Waals surface area contributed by atoms with E-state index in [0.29, 0.717) is 23.7 Å². The largest absolute Gasteiger partial charge is 0.493 e. The molecule has 2 aromatic carbocycles. The molecule has 6 nitrogen and oxygen atoms in total. The highest BCUT2D eigenvalue weighted by atomic mass is 79.9. The molecule has 0 fully saturated rings. The van der Waals surface area contributed by atoms with Crippen molar-refractivity contribution in [1.82, 2.24) is 9.47 Å². The molecule has 2 amide bonds. The Morgan fingerprint density at radius 1 is 1.03 bits per heavy atom. The number of benzene rings is 2. The minimum Gasteiger partial charge on any atom is -0.493 e. The number of rotatable bonds is 4. The first-order chi connectivity index (χ1) is 14.1. The van der Waals surface area contributed by atoms with Crippen molar-refractivity contribution in [3.8, 4) is 11.5 Å². The molecule has 1 aromatic heterocycles. The Bertz CT molecular complexity index is 1020. The zero-order chi connectivity index (χ0) is 20.4. The van der Waals surface area contributed by atoms with E-state index in [1.807, 2.05) is 35.2 Å². The topological polar surface area (TPSA) is 55.7 Å². The summed E-state index contributed by atoms with van der Waals surface area (Å²) in [4.78, 5) is 15.1. The lowest BCUT2D eigenvalue weighted by Gasteiger charge is -2.37. The highest BCUT2D eigenvalue weighted by molar-refractivity contribution is 9.10. The normalized spacial score (nSPS) is 15.6. The first-order valence-electron chi connectivity index (χ1n) is 9.31. The average molecular weight is 456 g/mol. The van der Waals surface area contributed by atoms with Gasteiger partial charge in [0.15, 0.2) is 11.5 Å². The summed E-state index contributed by atoms with van der Waals surface area (Å²) in [5, 5.41) is 3.00. The van der Waals surface area contributed by atoms with Crippen LogP contribution in [-0.4, -0.2) is 36.3 Å². The first kappa shape index (κ1) is 19.4. The molecule has 1 N–H and O–H groups in total. The fourth-order valence-electron chi connectivity index (χ4n) is 3.71. The number of aromatic nitrogens is 1.